The summed E-state index contributed by atoms with van der Waals surface area (Å²) >= 11 is 0. The minimum atomic E-state index is -0.660. The molecule has 1 aromatic heterocycles. The molecule has 4 aromatic rings. The van der Waals surface area contributed by atoms with Gasteiger partial charge < -0.3 is 14.8 Å². The molecule has 0 spiro atoms. The number of aromatic nitrogens is 1. The fourth-order valence-corrected chi connectivity index (χ4v) is 5.56. The number of para-hydroxylation sites is 1. The minimum absolute atomic E-state index is 0.0718. The van der Waals surface area contributed by atoms with Gasteiger partial charge in [-0.1, -0.05) is 54.6 Å². The van der Waals surface area contributed by atoms with Gasteiger partial charge in [0.2, 0.25) is 5.91 Å². The number of carbonyl (C=O) groups excluding carboxylic acids is 3. The SMILES string of the molecule is CCOC(=O)c1cccc(NC(=O)C2CCN(Cc3c(-c4ccccc4)nc4ccccc4c3C(=O)OC(C)(C)C)CC2)c1. The zero-order valence-corrected chi connectivity index (χ0v) is 25.8. The van der Waals surface area contributed by atoms with Crippen LogP contribution < -0.4 is 5.32 Å². The maximum absolute atomic E-state index is 13.8. The number of pyridine rings is 1. The second kappa shape index (κ2) is 13.4. The molecule has 0 radical (unpaired) electrons. The molecule has 1 aliphatic heterocycles. The van der Waals surface area contributed by atoms with Crippen LogP contribution in [0.25, 0.3) is 22.2 Å². The molecule has 228 valence electrons. The van der Waals surface area contributed by atoms with Crippen molar-refractivity contribution >= 4 is 34.4 Å². The number of nitrogens with one attached hydrogen (secondary N) is 1. The van der Waals surface area contributed by atoms with Gasteiger partial charge in [0.25, 0.3) is 0 Å². The molecule has 8 heteroatoms. The van der Waals surface area contributed by atoms with E-state index in [9.17, 15) is 14.4 Å². The Morgan fingerprint density at radius 1 is 0.909 bits per heavy atom. The standard InChI is InChI=1S/C36H39N3O5/c1-5-43-34(41)26-14-11-15-27(22-26)37-33(40)25-18-20-39(21-19-25)23-29-31(35(42)44-36(2,3)4)28-16-9-10-17-30(28)38-32(29)24-12-7-6-8-13-24/h6-17,22,25H,5,18-21,23H2,1-4H3,(H,37,40). The van der Waals surface area contributed by atoms with Crippen LogP contribution in [0.2, 0.25) is 0 Å². The summed E-state index contributed by atoms with van der Waals surface area (Å²) in [6, 6.07) is 24.4. The van der Waals surface area contributed by atoms with Crippen LogP contribution in [0.15, 0.2) is 78.9 Å². The molecule has 0 unspecified atom stereocenters. The fraction of sp³-hybridized carbons (Fsp3) is 0.333. The predicted molar refractivity (Wildman–Crippen MR) is 171 cm³/mol. The van der Waals surface area contributed by atoms with Crippen LogP contribution in [0.5, 0.6) is 0 Å². The lowest BCUT2D eigenvalue weighted by Gasteiger charge is -2.32. The molecule has 1 saturated heterocycles. The predicted octanol–water partition coefficient (Wildman–Crippen LogP) is 6.88. The van der Waals surface area contributed by atoms with E-state index in [1.165, 1.54) is 0 Å². The second-order valence-electron chi connectivity index (χ2n) is 12.0. The average molecular weight is 594 g/mol. The van der Waals surface area contributed by atoms with Gasteiger partial charge in [-0.2, -0.15) is 0 Å². The number of esters is 2. The van der Waals surface area contributed by atoms with Gasteiger partial charge in [0.1, 0.15) is 5.60 Å². The van der Waals surface area contributed by atoms with Crippen LogP contribution in [0, 0.1) is 5.92 Å². The van der Waals surface area contributed by atoms with E-state index in [1.807, 2.05) is 75.4 Å². The quantitative estimate of drug-likeness (QED) is 0.222. The number of benzene rings is 3. The van der Waals surface area contributed by atoms with Gasteiger partial charge in [-0.05, 0) is 77.9 Å². The van der Waals surface area contributed by atoms with Crippen molar-refractivity contribution in [1.29, 1.82) is 0 Å². The van der Waals surface area contributed by atoms with E-state index in [4.69, 9.17) is 14.5 Å². The van der Waals surface area contributed by atoms with Crippen molar-refractivity contribution in [1.82, 2.24) is 9.88 Å². The molecule has 1 fully saturated rings. The highest BCUT2D eigenvalue weighted by atomic mass is 16.6. The summed E-state index contributed by atoms with van der Waals surface area (Å²) in [6.45, 7) is 9.50. The van der Waals surface area contributed by atoms with Crippen LogP contribution in [0.1, 0.15) is 66.8 Å². The molecule has 3 aromatic carbocycles. The molecule has 1 aliphatic rings. The summed E-state index contributed by atoms with van der Waals surface area (Å²) in [5.74, 6) is -1.04. The number of piperidine rings is 1. The lowest BCUT2D eigenvalue weighted by molar-refractivity contribution is -0.121. The molecule has 44 heavy (non-hydrogen) atoms. The van der Waals surface area contributed by atoms with Gasteiger partial charge in [-0.25, -0.2) is 14.6 Å². The summed E-state index contributed by atoms with van der Waals surface area (Å²) in [6.07, 6.45) is 1.32. The Labute approximate surface area is 258 Å². The van der Waals surface area contributed by atoms with Crippen molar-refractivity contribution in [2.45, 2.75) is 52.7 Å². The van der Waals surface area contributed by atoms with E-state index in [-0.39, 0.29) is 24.4 Å². The molecule has 2 heterocycles. The first-order valence-electron chi connectivity index (χ1n) is 15.1. The van der Waals surface area contributed by atoms with Gasteiger partial charge in [0.05, 0.1) is 28.9 Å². The highest BCUT2D eigenvalue weighted by molar-refractivity contribution is 6.06. The molecule has 5 rings (SSSR count). The van der Waals surface area contributed by atoms with E-state index in [0.29, 0.717) is 49.3 Å². The molecular formula is C36H39N3O5. The van der Waals surface area contributed by atoms with Gasteiger partial charge in [0, 0.05) is 34.7 Å². The van der Waals surface area contributed by atoms with Crippen LogP contribution in [-0.2, 0) is 20.8 Å². The minimum Gasteiger partial charge on any atom is -0.462 e. The number of rotatable bonds is 8. The number of nitrogens with zero attached hydrogens (tertiary/aromatic N) is 2. The summed E-state index contributed by atoms with van der Waals surface area (Å²) in [5, 5.41) is 3.73. The van der Waals surface area contributed by atoms with Gasteiger partial charge in [-0.15, -0.1) is 0 Å². The number of amides is 1. The molecule has 8 nitrogen and oxygen atoms in total. The van der Waals surface area contributed by atoms with Gasteiger partial charge >= 0.3 is 11.9 Å². The van der Waals surface area contributed by atoms with E-state index < -0.39 is 11.6 Å². The number of ether oxygens (including phenoxy) is 2. The molecule has 1 amide bonds. The van der Waals surface area contributed by atoms with Gasteiger partial charge in [-0.3, -0.25) is 9.69 Å². The normalized spacial score (nSPS) is 14.3. The number of anilines is 1. The Morgan fingerprint density at radius 2 is 1.61 bits per heavy atom. The number of likely N-dealkylation sites (tertiary alicyclic amines) is 1. The Hall–Kier alpha value is -4.56. The van der Waals surface area contributed by atoms with Crippen LogP contribution >= 0.6 is 0 Å². The maximum atomic E-state index is 13.8. The molecule has 0 atom stereocenters. The molecule has 0 saturated carbocycles. The van der Waals surface area contributed by atoms with E-state index in [0.717, 1.165) is 27.7 Å². The zero-order chi connectivity index (χ0) is 31.3. The highest BCUT2D eigenvalue weighted by Crippen LogP contribution is 2.34. The summed E-state index contributed by atoms with van der Waals surface area (Å²) < 4.78 is 11.0. The largest absolute Gasteiger partial charge is 0.462 e. The maximum Gasteiger partial charge on any atom is 0.339 e. The summed E-state index contributed by atoms with van der Waals surface area (Å²) in [5.41, 5.74) is 4.08. The van der Waals surface area contributed by atoms with Crippen LogP contribution in [0.3, 0.4) is 0 Å². The van der Waals surface area contributed by atoms with Crippen molar-refractivity contribution in [3.05, 3.63) is 95.6 Å². The Balaban J connectivity index is 1.38. The Morgan fingerprint density at radius 3 is 2.32 bits per heavy atom. The van der Waals surface area contributed by atoms with Crippen molar-refractivity contribution in [3.8, 4) is 11.3 Å². The Bertz CT molecular complexity index is 1650. The van der Waals surface area contributed by atoms with Crippen molar-refractivity contribution in [2.24, 2.45) is 5.92 Å². The number of fused-ring (bicyclic) bond motifs is 1. The number of carbonyl (C=O) groups is 3. The molecule has 0 bridgehead atoms. The smallest absolute Gasteiger partial charge is 0.339 e. The topological polar surface area (TPSA) is 97.8 Å². The van der Waals surface area contributed by atoms with Crippen molar-refractivity contribution in [2.75, 3.05) is 25.0 Å². The first kappa shape index (κ1) is 30.9. The first-order chi connectivity index (χ1) is 21.1. The van der Waals surface area contributed by atoms with Crippen LogP contribution in [0.4, 0.5) is 5.69 Å². The average Bonchev–Trinajstić information content (AvgIpc) is 3.01. The highest BCUT2D eigenvalue weighted by Gasteiger charge is 2.30. The van der Waals surface area contributed by atoms with E-state index in [2.05, 4.69) is 10.2 Å². The van der Waals surface area contributed by atoms with Gasteiger partial charge in [0.15, 0.2) is 0 Å². The number of hydrogen-bond donors (Lipinski definition) is 1. The van der Waals surface area contributed by atoms with E-state index >= 15 is 0 Å². The number of hydrogen-bond acceptors (Lipinski definition) is 7. The first-order valence-corrected chi connectivity index (χ1v) is 15.1. The van der Waals surface area contributed by atoms with Crippen molar-refractivity contribution in [3.63, 3.8) is 0 Å². The monoisotopic (exact) mass is 593 g/mol. The van der Waals surface area contributed by atoms with E-state index in [1.54, 1.807) is 31.2 Å². The molecule has 1 N–H and O–H groups in total. The van der Waals surface area contributed by atoms with Crippen molar-refractivity contribution < 1.29 is 23.9 Å². The third kappa shape index (κ3) is 7.32. The molecule has 0 aliphatic carbocycles. The third-order valence-corrected chi connectivity index (χ3v) is 7.62. The third-order valence-electron chi connectivity index (χ3n) is 7.62. The zero-order valence-electron chi connectivity index (χ0n) is 25.8. The summed E-state index contributed by atoms with van der Waals surface area (Å²) in [7, 11) is 0. The molecular weight excluding hydrogens is 554 g/mol. The lowest BCUT2D eigenvalue weighted by atomic mass is 9.93. The summed E-state index contributed by atoms with van der Waals surface area (Å²) in [4.78, 5) is 46.4. The fourth-order valence-electron chi connectivity index (χ4n) is 5.56. The second-order valence-corrected chi connectivity index (χ2v) is 12.0. The lowest BCUT2D eigenvalue weighted by Crippen LogP contribution is -2.38. The Kier molecular flexibility index (Phi) is 9.40. The van der Waals surface area contributed by atoms with Crippen LogP contribution in [-0.4, -0.2) is 53.0 Å².